The number of β-amino-alcohol motifs (C(OH)–C–C–N with tert-alkyl or cyclic N) is 1. The Hall–Kier alpha value is -3.08. The van der Waals surface area contributed by atoms with Gasteiger partial charge in [-0.15, -0.1) is 13.2 Å². The van der Waals surface area contributed by atoms with Gasteiger partial charge in [0, 0.05) is 6.08 Å². The topological polar surface area (TPSA) is 116 Å². The van der Waals surface area contributed by atoms with Crippen molar-refractivity contribution < 1.29 is 42.5 Å². The molecule has 0 spiro atoms. The maximum Gasteiger partial charge on any atom is 0.573 e. The predicted molar refractivity (Wildman–Crippen MR) is 75.6 cm³/mol. The van der Waals surface area contributed by atoms with E-state index in [1.807, 2.05) is 0 Å². The molecule has 0 bridgehead atoms. The number of amides is 2. The molecule has 0 fully saturated rings. The third-order valence-electron chi connectivity index (χ3n) is 3.06. The lowest BCUT2D eigenvalue weighted by molar-refractivity contribution is -0.274. The summed E-state index contributed by atoms with van der Waals surface area (Å²) in [5, 5.41) is 20.3. The Morgan fingerprint density at radius 3 is 2.52 bits per heavy atom. The fourth-order valence-electron chi connectivity index (χ4n) is 2.06. The molecule has 0 saturated carbocycles. The molecule has 0 unspecified atom stereocenters. The molecule has 0 aromatic heterocycles. The number of carboxylic acids is 1. The SMILES string of the molecule is O=C(O)c1cc(OC(F)(F)F)ccc1NC1=CC(=O)N(CCO)C1=O. The van der Waals surface area contributed by atoms with Crippen molar-refractivity contribution in [2.24, 2.45) is 0 Å². The van der Waals surface area contributed by atoms with Crippen molar-refractivity contribution in [2.45, 2.75) is 6.36 Å². The number of halogens is 3. The third-order valence-corrected chi connectivity index (χ3v) is 3.06. The van der Waals surface area contributed by atoms with E-state index in [1.54, 1.807) is 0 Å². The highest BCUT2D eigenvalue weighted by atomic mass is 19.4. The van der Waals surface area contributed by atoms with E-state index in [0.29, 0.717) is 6.07 Å². The Balaban J connectivity index is 2.28. The summed E-state index contributed by atoms with van der Waals surface area (Å²) in [6.07, 6.45) is -4.10. The van der Waals surface area contributed by atoms with Crippen molar-refractivity contribution in [1.82, 2.24) is 4.90 Å². The van der Waals surface area contributed by atoms with Gasteiger partial charge in [-0.1, -0.05) is 0 Å². The summed E-state index contributed by atoms with van der Waals surface area (Å²) < 4.78 is 40.3. The second-order valence-electron chi connectivity index (χ2n) is 4.76. The molecular formula is C14H11F3N2O6. The first-order valence-corrected chi connectivity index (χ1v) is 6.71. The van der Waals surface area contributed by atoms with Crippen molar-refractivity contribution in [3.8, 4) is 5.75 Å². The van der Waals surface area contributed by atoms with Gasteiger partial charge in [-0.05, 0) is 18.2 Å². The standard InChI is InChI=1S/C14H11F3N2O6/c15-14(16,17)25-7-1-2-9(8(5-7)13(23)24)18-10-6-11(21)19(3-4-20)12(10)22/h1-2,5-6,18,20H,3-4H2,(H,23,24). The van der Waals surface area contributed by atoms with Crippen LogP contribution >= 0.6 is 0 Å². The molecular weight excluding hydrogens is 349 g/mol. The number of nitrogens with zero attached hydrogens (tertiary/aromatic N) is 1. The van der Waals surface area contributed by atoms with E-state index >= 15 is 0 Å². The number of carbonyl (C=O) groups is 3. The molecule has 134 valence electrons. The van der Waals surface area contributed by atoms with Gasteiger partial charge in [-0.2, -0.15) is 0 Å². The molecule has 3 N–H and O–H groups in total. The van der Waals surface area contributed by atoms with Crippen LogP contribution in [0.4, 0.5) is 18.9 Å². The van der Waals surface area contributed by atoms with Gasteiger partial charge in [-0.3, -0.25) is 14.5 Å². The van der Waals surface area contributed by atoms with Crippen LogP contribution in [-0.2, 0) is 9.59 Å². The molecule has 1 aliphatic rings. The Kier molecular flexibility index (Phi) is 4.97. The number of nitrogens with one attached hydrogen (secondary N) is 1. The number of aliphatic hydroxyl groups is 1. The number of aliphatic hydroxyl groups excluding tert-OH is 1. The first-order valence-electron chi connectivity index (χ1n) is 6.71. The molecule has 2 amide bonds. The van der Waals surface area contributed by atoms with Crippen LogP contribution in [0.3, 0.4) is 0 Å². The maximum absolute atomic E-state index is 12.2. The number of rotatable bonds is 6. The van der Waals surface area contributed by atoms with Crippen LogP contribution in [0.5, 0.6) is 5.75 Å². The predicted octanol–water partition coefficient (Wildman–Crippen LogP) is 0.940. The van der Waals surface area contributed by atoms with E-state index in [0.717, 1.165) is 23.1 Å². The number of ether oxygens (including phenoxy) is 1. The Morgan fingerprint density at radius 2 is 1.96 bits per heavy atom. The minimum Gasteiger partial charge on any atom is -0.478 e. The number of imide groups is 1. The maximum atomic E-state index is 12.2. The summed E-state index contributed by atoms with van der Waals surface area (Å²) >= 11 is 0. The minimum absolute atomic E-state index is 0.208. The summed E-state index contributed by atoms with van der Waals surface area (Å²) in [5.74, 6) is -3.83. The summed E-state index contributed by atoms with van der Waals surface area (Å²) in [5.41, 5.74) is -1.07. The van der Waals surface area contributed by atoms with Crippen LogP contribution in [0.15, 0.2) is 30.0 Å². The smallest absolute Gasteiger partial charge is 0.478 e. The van der Waals surface area contributed by atoms with E-state index in [1.165, 1.54) is 0 Å². The highest BCUT2D eigenvalue weighted by molar-refractivity contribution is 6.17. The second kappa shape index (κ2) is 6.81. The Labute approximate surface area is 138 Å². The number of alkyl halides is 3. The van der Waals surface area contributed by atoms with Crippen LogP contribution in [0.1, 0.15) is 10.4 Å². The number of hydrogen-bond donors (Lipinski definition) is 3. The summed E-state index contributed by atoms with van der Waals surface area (Å²) in [6.45, 7) is -0.702. The highest BCUT2D eigenvalue weighted by Crippen LogP contribution is 2.28. The first-order chi connectivity index (χ1) is 11.6. The first kappa shape index (κ1) is 18.3. The van der Waals surface area contributed by atoms with Gasteiger partial charge in [0.05, 0.1) is 24.4 Å². The fraction of sp³-hybridized carbons (Fsp3) is 0.214. The lowest BCUT2D eigenvalue weighted by Gasteiger charge is -2.15. The van der Waals surface area contributed by atoms with Crippen molar-refractivity contribution in [1.29, 1.82) is 0 Å². The number of carbonyl (C=O) groups excluding carboxylic acids is 2. The Morgan fingerprint density at radius 1 is 1.28 bits per heavy atom. The van der Waals surface area contributed by atoms with Crippen LogP contribution in [-0.4, -0.2) is 52.4 Å². The van der Waals surface area contributed by atoms with E-state index in [9.17, 15) is 27.6 Å². The normalized spacial score (nSPS) is 14.6. The van der Waals surface area contributed by atoms with Gasteiger partial charge < -0.3 is 20.3 Å². The molecule has 0 radical (unpaired) electrons. The molecule has 0 saturated heterocycles. The van der Waals surface area contributed by atoms with Gasteiger partial charge in [0.15, 0.2) is 0 Å². The van der Waals surface area contributed by atoms with Gasteiger partial charge >= 0.3 is 12.3 Å². The van der Waals surface area contributed by atoms with Gasteiger partial charge in [0.2, 0.25) is 0 Å². The lowest BCUT2D eigenvalue weighted by atomic mass is 10.1. The zero-order valence-electron chi connectivity index (χ0n) is 12.3. The second-order valence-corrected chi connectivity index (χ2v) is 4.76. The number of aromatic carboxylic acids is 1. The average Bonchev–Trinajstić information content (AvgIpc) is 2.75. The van der Waals surface area contributed by atoms with Crippen molar-refractivity contribution in [3.05, 3.63) is 35.5 Å². The minimum atomic E-state index is -4.99. The van der Waals surface area contributed by atoms with Crippen molar-refractivity contribution in [3.63, 3.8) is 0 Å². The molecule has 0 aliphatic carbocycles. The molecule has 1 aromatic carbocycles. The molecule has 1 aromatic rings. The van der Waals surface area contributed by atoms with Crippen LogP contribution in [0.25, 0.3) is 0 Å². The highest BCUT2D eigenvalue weighted by Gasteiger charge is 2.33. The van der Waals surface area contributed by atoms with Gasteiger partial charge in [0.25, 0.3) is 11.8 Å². The molecule has 1 heterocycles. The van der Waals surface area contributed by atoms with Crippen molar-refractivity contribution >= 4 is 23.5 Å². The average molecular weight is 360 g/mol. The van der Waals surface area contributed by atoms with E-state index in [4.69, 9.17) is 10.2 Å². The van der Waals surface area contributed by atoms with Crippen LogP contribution in [0, 0.1) is 0 Å². The quantitative estimate of drug-likeness (QED) is 0.647. The van der Waals surface area contributed by atoms with Crippen molar-refractivity contribution in [2.75, 3.05) is 18.5 Å². The number of anilines is 1. The zero-order valence-corrected chi connectivity index (χ0v) is 12.3. The monoisotopic (exact) mass is 360 g/mol. The Bertz CT molecular complexity index is 759. The zero-order chi connectivity index (χ0) is 18.8. The van der Waals surface area contributed by atoms with Gasteiger partial charge in [-0.25, -0.2) is 4.79 Å². The molecule has 11 heteroatoms. The summed E-state index contributed by atoms with van der Waals surface area (Å²) in [7, 11) is 0. The molecule has 2 rings (SSSR count). The summed E-state index contributed by atoms with van der Waals surface area (Å²) in [4.78, 5) is 35.6. The third kappa shape index (κ3) is 4.26. The van der Waals surface area contributed by atoms with Gasteiger partial charge in [0.1, 0.15) is 11.4 Å². The van der Waals surface area contributed by atoms with E-state index in [2.05, 4.69) is 10.1 Å². The molecule has 1 aliphatic heterocycles. The van der Waals surface area contributed by atoms with Crippen LogP contribution < -0.4 is 10.1 Å². The fourth-order valence-corrected chi connectivity index (χ4v) is 2.06. The lowest BCUT2D eigenvalue weighted by Crippen LogP contribution is -2.34. The molecule has 8 nitrogen and oxygen atoms in total. The van der Waals surface area contributed by atoms with E-state index in [-0.39, 0.29) is 17.9 Å². The summed E-state index contributed by atoms with van der Waals surface area (Å²) in [6, 6.07) is 2.46. The number of benzene rings is 1. The van der Waals surface area contributed by atoms with E-state index < -0.39 is 42.1 Å². The number of carboxylic acid groups (broad SMARTS) is 1. The molecule has 0 atom stereocenters. The number of hydrogen-bond acceptors (Lipinski definition) is 6. The largest absolute Gasteiger partial charge is 0.573 e. The molecule has 25 heavy (non-hydrogen) atoms. The van der Waals surface area contributed by atoms with Crippen LogP contribution in [0.2, 0.25) is 0 Å².